The lowest BCUT2D eigenvalue weighted by atomic mass is 10.2. The molecule has 1 aromatic carbocycles. The lowest BCUT2D eigenvalue weighted by molar-refractivity contribution is -0.137. The number of amides is 2. The lowest BCUT2D eigenvalue weighted by Crippen LogP contribution is -2.38. The maximum absolute atomic E-state index is 12.0. The minimum Gasteiger partial charge on any atom is -0.480 e. The van der Waals surface area contributed by atoms with Gasteiger partial charge in [0.25, 0.3) is 5.91 Å². The largest absolute Gasteiger partial charge is 0.480 e. The SMILES string of the molecule is O=C(O)CNC(=O)CNC(=O)c1sc2ccccc2c1Cl. The fourth-order valence-corrected chi connectivity index (χ4v) is 3.07. The summed E-state index contributed by atoms with van der Waals surface area (Å²) in [4.78, 5) is 33.9. The van der Waals surface area contributed by atoms with Crippen molar-refractivity contribution in [3.63, 3.8) is 0 Å². The summed E-state index contributed by atoms with van der Waals surface area (Å²) in [5, 5.41) is 14.1. The van der Waals surface area contributed by atoms with Gasteiger partial charge >= 0.3 is 5.97 Å². The fourth-order valence-electron chi connectivity index (χ4n) is 1.64. The average Bonchev–Trinajstić information content (AvgIpc) is 2.80. The smallest absolute Gasteiger partial charge is 0.322 e. The van der Waals surface area contributed by atoms with Crippen LogP contribution in [0.3, 0.4) is 0 Å². The zero-order valence-corrected chi connectivity index (χ0v) is 12.3. The number of fused-ring (bicyclic) bond motifs is 1. The van der Waals surface area contributed by atoms with Gasteiger partial charge in [-0.15, -0.1) is 11.3 Å². The molecule has 0 fully saturated rings. The van der Waals surface area contributed by atoms with Crippen LogP contribution in [-0.2, 0) is 9.59 Å². The highest BCUT2D eigenvalue weighted by Gasteiger charge is 2.17. The third-order valence-corrected chi connectivity index (χ3v) is 4.26. The summed E-state index contributed by atoms with van der Waals surface area (Å²) in [6, 6.07) is 7.32. The molecule has 21 heavy (non-hydrogen) atoms. The minimum absolute atomic E-state index is 0.309. The Kier molecular flexibility index (Phi) is 4.77. The van der Waals surface area contributed by atoms with Gasteiger partial charge in [0.2, 0.25) is 5.91 Å². The molecule has 2 rings (SSSR count). The first kappa shape index (κ1) is 15.3. The van der Waals surface area contributed by atoms with Crippen molar-refractivity contribution in [2.24, 2.45) is 0 Å². The Morgan fingerprint density at radius 2 is 1.86 bits per heavy atom. The van der Waals surface area contributed by atoms with E-state index in [2.05, 4.69) is 10.6 Å². The van der Waals surface area contributed by atoms with Gasteiger partial charge in [-0.3, -0.25) is 14.4 Å². The molecule has 3 N–H and O–H groups in total. The van der Waals surface area contributed by atoms with Gasteiger partial charge in [0.1, 0.15) is 11.4 Å². The molecule has 0 bridgehead atoms. The van der Waals surface area contributed by atoms with Crippen LogP contribution in [0.5, 0.6) is 0 Å². The van der Waals surface area contributed by atoms with Crippen LogP contribution < -0.4 is 10.6 Å². The van der Waals surface area contributed by atoms with Gasteiger partial charge in [0.15, 0.2) is 0 Å². The molecule has 2 aromatic rings. The number of carboxylic acid groups (broad SMARTS) is 1. The molecule has 8 heteroatoms. The number of nitrogens with one attached hydrogen (secondary N) is 2. The van der Waals surface area contributed by atoms with E-state index in [9.17, 15) is 14.4 Å². The Hall–Kier alpha value is -2.12. The number of thiophene rings is 1. The van der Waals surface area contributed by atoms with Crippen molar-refractivity contribution >= 4 is 50.8 Å². The molecule has 2 amide bonds. The Morgan fingerprint density at radius 1 is 1.14 bits per heavy atom. The molecule has 0 saturated carbocycles. The fraction of sp³-hybridized carbons (Fsp3) is 0.154. The Balaban J connectivity index is 2.01. The first-order chi connectivity index (χ1) is 9.99. The summed E-state index contributed by atoms with van der Waals surface area (Å²) in [6.07, 6.45) is 0. The predicted octanol–water partition coefficient (Wildman–Crippen LogP) is 1.49. The zero-order valence-electron chi connectivity index (χ0n) is 10.7. The quantitative estimate of drug-likeness (QED) is 0.775. The van der Waals surface area contributed by atoms with E-state index in [0.717, 1.165) is 10.1 Å². The molecule has 1 aromatic heterocycles. The summed E-state index contributed by atoms with van der Waals surface area (Å²) in [7, 11) is 0. The van der Waals surface area contributed by atoms with E-state index < -0.39 is 24.3 Å². The standard InChI is InChI=1S/C13H11ClN2O4S/c14-11-7-3-1-2-4-8(7)21-12(11)13(20)16-5-9(17)15-6-10(18)19/h1-4H,5-6H2,(H,15,17)(H,16,20)(H,18,19). The van der Waals surface area contributed by atoms with Crippen LogP contribution in [0.4, 0.5) is 0 Å². The number of aliphatic carboxylic acids is 1. The summed E-state index contributed by atoms with van der Waals surface area (Å²) in [5.41, 5.74) is 0. The topological polar surface area (TPSA) is 95.5 Å². The summed E-state index contributed by atoms with van der Waals surface area (Å²) in [6.45, 7) is -0.797. The van der Waals surface area contributed by atoms with Crippen LogP contribution in [0, 0.1) is 0 Å². The van der Waals surface area contributed by atoms with Crippen molar-refractivity contribution < 1.29 is 19.5 Å². The third kappa shape index (κ3) is 3.71. The second-order valence-electron chi connectivity index (χ2n) is 4.09. The number of hydrogen-bond donors (Lipinski definition) is 3. The predicted molar refractivity (Wildman–Crippen MR) is 79.8 cm³/mol. The van der Waals surface area contributed by atoms with Gasteiger partial charge in [-0.05, 0) is 6.07 Å². The maximum Gasteiger partial charge on any atom is 0.322 e. The summed E-state index contributed by atoms with van der Waals surface area (Å²) in [5.74, 6) is -2.20. The minimum atomic E-state index is -1.15. The van der Waals surface area contributed by atoms with Crippen molar-refractivity contribution in [3.8, 4) is 0 Å². The molecule has 1 heterocycles. The van der Waals surface area contributed by atoms with Crippen molar-refractivity contribution in [2.45, 2.75) is 0 Å². The average molecular weight is 327 g/mol. The van der Waals surface area contributed by atoms with E-state index in [-0.39, 0.29) is 6.54 Å². The highest BCUT2D eigenvalue weighted by atomic mass is 35.5. The first-order valence-electron chi connectivity index (χ1n) is 5.92. The van der Waals surface area contributed by atoms with Crippen LogP contribution >= 0.6 is 22.9 Å². The third-order valence-electron chi connectivity index (χ3n) is 2.59. The summed E-state index contributed by atoms with van der Waals surface area (Å²) >= 11 is 7.37. The number of benzene rings is 1. The van der Waals surface area contributed by atoms with Crippen LogP contribution in [0.15, 0.2) is 24.3 Å². The van der Waals surface area contributed by atoms with Crippen LogP contribution in [0.2, 0.25) is 5.02 Å². The van der Waals surface area contributed by atoms with Gasteiger partial charge in [0, 0.05) is 10.1 Å². The molecule has 0 aliphatic rings. The molecular weight excluding hydrogens is 316 g/mol. The van der Waals surface area contributed by atoms with E-state index >= 15 is 0 Å². The molecule has 0 atom stereocenters. The van der Waals surface area contributed by atoms with E-state index in [0.29, 0.717) is 9.90 Å². The van der Waals surface area contributed by atoms with Crippen molar-refractivity contribution in [1.29, 1.82) is 0 Å². The molecule has 0 radical (unpaired) electrons. The van der Waals surface area contributed by atoms with E-state index in [4.69, 9.17) is 16.7 Å². The number of carboxylic acids is 1. The second kappa shape index (κ2) is 6.55. The highest BCUT2D eigenvalue weighted by molar-refractivity contribution is 7.21. The van der Waals surface area contributed by atoms with Gasteiger partial charge in [-0.25, -0.2) is 0 Å². The van der Waals surface area contributed by atoms with Crippen LogP contribution in [-0.4, -0.2) is 36.0 Å². The van der Waals surface area contributed by atoms with E-state index in [1.54, 1.807) is 0 Å². The van der Waals surface area contributed by atoms with E-state index in [1.807, 2.05) is 24.3 Å². The Labute approximate surface area is 128 Å². The lowest BCUT2D eigenvalue weighted by Gasteiger charge is -2.04. The van der Waals surface area contributed by atoms with Gasteiger partial charge in [0.05, 0.1) is 11.6 Å². The van der Waals surface area contributed by atoms with E-state index in [1.165, 1.54) is 11.3 Å². The number of carbonyl (C=O) groups excluding carboxylic acids is 2. The van der Waals surface area contributed by atoms with Gasteiger partial charge in [-0.2, -0.15) is 0 Å². The molecule has 0 spiro atoms. The van der Waals surface area contributed by atoms with Crippen LogP contribution in [0.1, 0.15) is 9.67 Å². The molecule has 110 valence electrons. The molecule has 0 aliphatic carbocycles. The van der Waals surface area contributed by atoms with Crippen molar-refractivity contribution in [2.75, 3.05) is 13.1 Å². The second-order valence-corrected chi connectivity index (χ2v) is 5.52. The molecule has 0 unspecified atom stereocenters. The number of halogens is 1. The zero-order chi connectivity index (χ0) is 15.4. The monoisotopic (exact) mass is 326 g/mol. The van der Waals surface area contributed by atoms with Gasteiger partial charge in [-0.1, -0.05) is 29.8 Å². The molecule has 0 saturated heterocycles. The highest BCUT2D eigenvalue weighted by Crippen LogP contribution is 2.34. The number of carbonyl (C=O) groups is 3. The van der Waals surface area contributed by atoms with Gasteiger partial charge < -0.3 is 15.7 Å². The Bertz CT molecular complexity index is 713. The number of rotatable bonds is 5. The Morgan fingerprint density at radius 3 is 2.52 bits per heavy atom. The summed E-state index contributed by atoms with van der Waals surface area (Å²) < 4.78 is 0.878. The molecule has 0 aliphatic heterocycles. The number of hydrogen-bond acceptors (Lipinski definition) is 4. The van der Waals surface area contributed by atoms with Crippen molar-refractivity contribution in [1.82, 2.24) is 10.6 Å². The molecular formula is C13H11ClN2O4S. The normalized spacial score (nSPS) is 10.3. The molecule has 6 nitrogen and oxygen atoms in total. The van der Waals surface area contributed by atoms with Crippen molar-refractivity contribution in [3.05, 3.63) is 34.2 Å². The maximum atomic E-state index is 12.0. The first-order valence-corrected chi connectivity index (χ1v) is 7.12. The van der Waals surface area contributed by atoms with Crippen LogP contribution in [0.25, 0.3) is 10.1 Å².